The minimum Gasteiger partial charge on any atom is -0.404 e. The lowest BCUT2D eigenvalue weighted by molar-refractivity contribution is -0.274. The van der Waals surface area contributed by atoms with E-state index < -0.39 is 23.3 Å². The van der Waals surface area contributed by atoms with E-state index in [2.05, 4.69) is 10.1 Å². The first-order valence-corrected chi connectivity index (χ1v) is 7.42. The van der Waals surface area contributed by atoms with Gasteiger partial charge in [-0.15, -0.1) is 13.2 Å². The average molecular weight is 338 g/mol. The predicted octanol–water partition coefficient (Wildman–Crippen LogP) is 3.98. The number of nitrogens with one attached hydrogen (secondary N) is 1. The second-order valence-electron chi connectivity index (χ2n) is 6.05. The molecule has 2 atom stereocenters. The maximum Gasteiger partial charge on any atom is 0.573 e. The highest BCUT2D eigenvalue weighted by molar-refractivity contribution is 6.32. The van der Waals surface area contributed by atoms with Crippen molar-refractivity contribution in [3.8, 4) is 5.75 Å². The topological polar surface area (TPSA) is 41.5 Å². The van der Waals surface area contributed by atoms with Crippen LogP contribution in [0.4, 0.5) is 13.2 Å². The molecule has 0 aliphatic heterocycles. The number of halogens is 4. The number of hydrogen-bond donors (Lipinski definition) is 2. The number of alkyl halides is 3. The van der Waals surface area contributed by atoms with Crippen LogP contribution in [0.15, 0.2) is 18.2 Å². The highest BCUT2D eigenvalue weighted by atomic mass is 35.5. The molecule has 0 spiro atoms. The molecule has 3 nitrogen and oxygen atoms in total. The molecular weight excluding hydrogens is 319 g/mol. The fraction of sp³-hybridized carbons (Fsp3) is 0.600. The summed E-state index contributed by atoms with van der Waals surface area (Å²) in [5, 5.41) is 13.4. The Balaban J connectivity index is 2.40. The van der Waals surface area contributed by atoms with Gasteiger partial charge < -0.3 is 15.2 Å². The van der Waals surface area contributed by atoms with Gasteiger partial charge in [-0.3, -0.25) is 0 Å². The summed E-state index contributed by atoms with van der Waals surface area (Å²) >= 11 is 5.79. The Hall–Kier alpha value is -0.980. The Bertz CT molecular complexity index is 548. The van der Waals surface area contributed by atoms with Gasteiger partial charge >= 0.3 is 6.36 Å². The van der Waals surface area contributed by atoms with Crippen molar-refractivity contribution in [2.24, 2.45) is 0 Å². The van der Waals surface area contributed by atoms with E-state index in [1.807, 2.05) is 0 Å². The molecule has 0 heterocycles. The van der Waals surface area contributed by atoms with Crippen molar-refractivity contribution in [1.82, 2.24) is 5.32 Å². The summed E-state index contributed by atoms with van der Waals surface area (Å²) in [6.07, 6.45) is -2.24. The molecule has 0 aromatic heterocycles. The third-order valence-electron chi connectivity index (χ3n) is 4.19. The van der Waals surface area contributed by atoms with E-state index in [-0.39, 0.29) is 5.02 Å². The molecule has 0 unspecified atom stereocenters. The largest absolute Gasteiger partial charge is 0.573 e. The lowest BCUT2D eigenvalue weighted by Crippen LogP contribution is -2.49. The monoisotopic (exact) mass is 337 g/mol. The van der Waals surface area contributed by atoms with Crippen molar-refractivity contribution in [3.05, 3.63) is 28.8 Å². The summed E-state index contributed by atoms with van der Waals surface area (Å²) in [7, 11) is 1.74. The number of aliphatic hydroxyl groups is 1. The van der Waals surface area contributed by atoms with Crippen LogP contribution in [-0.2, 0) is 5.54 Å². The second-order valence-corrected chi connectivity index (χ2v) is 6.46. The minimum atomic E-state index is -4.80. The zero-order valence-electron chi connectivity index (χ0n) is 12.4. The van der Waals surface area contributed by atoms with Crippen LogP contribution in [0.5, 0.6) is 5.75 Å². The fourth-order valence-electron chi connectivity index (χ4n) is 3.21. The quantitative estimate of drug-likeness (QED) is 0.876. The molecule has 1 saturated carbocycles. The van der Waals surface area contributed by atoms with E-state index >= 15 is 0 Å². The van der Waals surface area contributed by atoms with Crippen LogP contribution in [0, 0.1) is 0 Å². The lowest BCUT2D eigenvalue weighted by atomic mass is 9.70. The third kappa shape index (κ3) is 3.86. The van der Waals surface area contributed by atoms with Crippen molar-refractivity contribution >= 4 is 11.6 Å². The Morgan fingerprint density at radius 1 is 1.32 bits per heavy atom. The van der Waals surface area contributed by atoms with E-state index in [0.29, 0.717) is 24.8 Å². The molecule has 1 aromatic rings. The maximum atomic E-state index is 12.5. The van der Waals surface area contributed by atoms with Gasteiger partial charge in [-0.2, -0.15) is 0 Å². The fourth-order valence-corrected chi connectivity index (χ4v) is 3.36. The van der Waals surface area contributed by atoms with Crippen LogP contribution in [0.1, 0.15) is 38.2 Å². The van der Waals surface area contributed by atoms with Crippen LogP contribution in [0.25, 0.3) is 0 Å². The molecule has 2 rings (SSSR count). The first-order chi connectivity index (χ1) is 10.1. The summed E-state index contributed by atoms with van der Waals surface area (Å²) in [5.41, 5.74) is -0.847. The second kappa shape index (κ2) is 5.91. The van der Waals surface area contributed by atoms with Gasteiger partial charge in [0.05, 0.1) is 10.6 Å². The summed E-state index contributed by atoms with van der Waals surface area (Å²) in [6.45, 7) is 1.74. The molecule has 0 saturated heterocycles. The van der Waals surface area contributed by atoms with Gasteiger partial charge in [-0.25, -0.2) is 0 Å². The van der Waals surface area contributed by atoms with Crippen molar-refractivity contribution in [2.75, 3.05) is 7.05 Å². The van der Waals surface area contributed by atoms with Crippen molar-refractivity contribution in [3.63, 3.8) is 0 Å². The third-order valence-corrected chi connectivity index (χ3v) is 4.50. The van der Waals surface area contributed by atoms with Gasteiger partial charge in [0, 0.05) is 5.54 Å². The summed E-state index contributed by atoms with van der Waals surface area (Å²) in [5.74, 6) is -0.425. The number of hydrogen-bond acceptors (Lipinski definition) is 3. The van der Waals surface area contributed by atoms with Crippen LogP contribution in [-0.4, -0.2) is 24.1 Å². The summed E-state index contributed by atoms with van der Waals surface area (Å²) in [4.78, 5) is 0. The highest BCUT2D eigenvalue weighted by Crippen LogP contribution is 2.43. The van der Waals surface area contributed by atoms with E-state index in [9.17, 15) is 18.3 Å². The van der Waals surface area contributed by atoms with E-state index in [1.54, 1.807) is 20.0 Å². The molecule has 0 amide bonds. The number of rotatable bonds is 3. The van der Waals surface area contributed by atoms with Gasteiger partial charge in [0.1, 0.15) is 5.75 Å². The molecule has 1 fully saturated rings. The molecule has 0 radical (unpaired) electrons. The van der Waals surface area contributed by atoms with E-state index in [4.69, 9.17) is 11.6 Å². The normalized spacial score (nSPS) is 29.4. The zero-order valence-corrected chi connectivity index (χ0v) is 13.2. The molecular formula is C15H19ClF3NO2. The SMILES string of the molecule is CN[C@]1(c2ccc(Cl)c(OC(F)(F)F)c2)CCC[C@](C)(O)C1. The van der Waals surface area contributed by atoms with Crippen LogP contribution >= 0.6 is 11.6 Å². The molecule has 2 N–H and O–H groups in total. The molecule has 22 heavy (non-hydrogen) atoms. The molecule has 1 aliphatic rings. The van der Waals surface area contributed by atoms with Gasteiger partial charge in [0.15, 0.2) is 0 Å². The first kappa shape index (κ1) is 17.4. The molecule has 1 aromatic carbocycles. The number of benzene rings is 1. The smallest absolute Gasteiger partial charge is 0.404 e. The van der Waals surface area contributed by atoms with E-state index in [1.165, 1.54) is 12.1 Å². The van der Waals surface area contributed by atoms with E-state index in [0.717, 1.165) is 6.42 Å². The Morgan fingerprint density at radius 3 is 2.55 bits per heavy atom. The lowest BCUT2D eigenvalue weighted by Gasteiger charge is -2.44. The van der Waals surface area contributed by atoms with Crippen molar-refractivity contribution < 1.29 is 23.0 Å². The first-order valence-electron chi connectivity index (χ1n) is 7.04. The predicted molar refractivity (Wildman–Crippen MR) is 78.0 cm³/mol. The van der Waals surface area contributed by atoms with Gasteiger partial charge in [0.25, 0.3) is 0 Å². The molecule has 1 aliphatic carbocycles. The number of ether oxygens (including phenoxy) is 1. The van der Waals surface area contributed by atoms with Gasteiger partial charge in [-0.05, 0) is 57.4 Å². The van der Waals surface area contributed by atoms with Crippen LogP contribution < -0.4 is 10.1 Å². The van der Waals surface area contributed by atoms with Crippen molar-refractivity contribution in [1.29, 1.82) is 0 Å². The Labute approximate surface area is 132 Å². The van der Waals surface area contributed by atoms with Crippen LogP contribution in [0.2, 0.25) is 5.02 Å². The van der Waals surface area contributed by atoms with Crippen LogP contribution in [0.3, 0.4) is 0 Å². The molecule has 7 heteroatoms. The minimum absolute atomic E-state index is 0.102. The highest BCUT2D eigenvalue weighted by Gasteiger charge is 2.42. The summed E-state index contributed by atoms with van der Waals surface area (Å²) in [6, 6.07) is 4.36. The molecule has 124 valence electrons. The maximum absolute atomic E-state index is 12.5. The average Bonchev–Trinajstić information content (AvgIpc) is 2.38. The summed E-state index contributed by atoms with van der Waals surface area (Å²) < 4.78 is 41.4. The van der Waals surface area contributed by atoms with Gasteiger partial charge in [-0.1, -0.05) is 17.7 Å². The van der Waals surface area contributed by atoms with Gasteiger partial charge in [0.2, 0.25) is 0 Å². The Morgan fingerprint density at radius 2 is 2.00 bits per heavy atom. The van der Waals surface area contributed by atoms with Crippen molar-refractivity contribution in [2.45, 2.75) is 50.1 Å². The molecule has 0 bridgehead atoms. The zero-order chi connectivity index (χ0) is 16.6. The standard InChI is InChI=1S/C15H19ClF3NO2/c1-13(21)6-3-7-14(9-13,20-2)10-4-5-11(16)12(8-10)22-15(17,18)19/h4-5,8,20-21H,3,6-7,9H2,1-2H3/t13-,14+/m0/s1. The Kier molecular flexibility index (Phi) is 4.66.